The van der Waals surface area contributed by atoms with Crippen molar-refractivity contribution in [3.05, 3.63) is 64.4 Å². The van der Waals surface area contributed by atoms with Crippen LogP contribution in [0.3, 0.4) is 0 Å². The van der Waals surface area contributed by atoms with E-state index in [9.17, 15) is 9.59 Å². The van der Waals surface area contributed by atoms with Crippen molar-refractivity contribution >= 4 is 33.4 Å². The van der Waals surface area contributed by atoms with Crippen LogP contribution in [0.15, 0.2) is 53.3 Å². The van der Waals surface area contributed by atoms with Gasteiger partial charge in [0.25, 0.3) is 5.56 Å². The molecule has 1 aromatic heterocycles. The highest BCUT2D eigenvalue weighted by atomic mass is 32.1. The minimum atomic E-state index is -0.525. The molecule has 0 aliphatic rings. The Morgan fingerprint density at radius 2 is 1.91 bits per heavy atom. The van der Waals surface area contributed by atoms with E-state index in [1.54, 1.807) is 10.0 Å². The van der Waals surface area contributed by atoms with Gasteiger partial charge in [0.2, 0.25) is 0 Å². The molecule has 3 aromatic rings. The first-order valence-corrected chi connectivity index (χ1v) is 8.00. The van der Waals surface area contributed by atoms with Crippen LogP contribution >= 0.6 is 11.5 Å². The van der Waals surface area contributed by atoms with E-state index < -0.39 is 6.09 Å². The van der Waals surface area contributed by atoms with E-state index >= 15 is 0 Å². The van der Waals surface area contributed by atoms with Gasteiger partial charge in [-0.1, -0.05) is 41.4 Å². The molecule has 1 amide bonds. The Morgan fingerprint density at radius 1 is 1.17 bits per heavy atom. The molecule has 0 unspecified atom stereocenters. The van der Waals surface area contributed by atoms with Crippen LogP contribution in [0.2, 0.25) is 0 Å². The zero-order valence-corrected chi connectivity index (χ0v) is 13.4. The minimum absolute atomic E-state index is 0.0480. The van der Waals surface area contributed by atoms with Crippen molar-refractivity contribution in [3.63, 3.8) is 0 Å². The van der Waals surface area contributed by atoms with Crippen LogP contribution in [0.1, 0.15) is 5.56 Å². The maximum absolute atomic E-state index is 12.1. The van der Waals surface area contributed by atoms with Crippen molar-refractivity contribution in [1.29, 1.82) is 0 Å². The molecule has 1 N–H and O–H groups in total. The lowest BCUT2D eigenvalue weighted by Gasteiger charge is -2.07. The van der Waals surface area contributed by atoms with Gasteiger partial charge in [-0.2, -0.15) is 0 Å². The Morgan fingerprint density at radius 3 is 2.65 bits per heavy atom. The topological polar surface area (TPSA) is 60.3 Å². The maximum atomic E-state index is 12.1. The maximum Gasteiger partial charge on any atom is 0.411 e. The highest BCUT2D eigenvalue weighted by Gasteiger charge is 2.08. The van der Waals surface area contributed by atoms with E-state index in [1.165, 1.54) is 11.5 Å². The Balaban J connectivity index is 1.56. The van der Waals surface area contributed by atoms with Crippen molar-refractivity contribution in [2.45, 2.75) is 13.5 Å². The largest absolute Gasteiger partial charge is 0.447 e. The highest BCUT2D eigenvalue weighted by molar-refractivity contribution is 7.13. The van der Waals surface area contributed by atoms with E-state index in [4.69, 9.17) is 4.74 Å². The van der Waals surface area contributed by atoms with Crippen molar-refractivity contribution in [1.82, 2.24) is 3.96 Å². The number of fused-ring (bicyclic) bond motifs is 1. The van der Waals surface area contributed by atoms with Crippen LogP contribution < -0.4 is 10.9 Å². The number of aromatic nitrogens is 1. The van der Waals surface area contributed by atoms with E-state index in [1.807, 2.05) is 49.4 Å². The van der Waals surface area contributed by atoms with Crippen molar-refractivity contribution in [3.8, 4) is 0 Å². The Hall–Kier alpha value is -2.60. The fourth-order valence-electron chi connectivity index (χ4n) is 2.18. The van der Waals surface area contributed by atoms with E-state index in [0.29, 0.717) is 17.6 Å². The van der Waals surface area contributed by atoms with Crippen molar-refractivity contribution in [2.24, 2.45) is 0 Å². The normalized spacial score (nSPS) is 10.7. The molecule has 0 radical (unpaired) electrons. The molecule has 118 valence electrons. The third kappa shape index (κ3) is 3.60. The van der Waals surface area contributed by atoms with Crippen LogP contribution in [0.4, 0.5) is 10.5 Å². The summed E-state index contributed by atoms with van der Waals surface area (Å²) in [6.45, 7) is 2.47. The van der Waals surface area contributed by atoms with E-state index in [0.717, 1.165) is 10.3 Å². The number of ether oxygens (including phenoxy) is 1. The Bertz CT molecular complexity index is 881. The zero-order chi connectivity index (χ0) is 16.2. The quantitative estimate of drug-likeness (QED) is 0.796. The third-order valence-corrected chi connectivity index (χ3v) is 4.50. The van der Waals surface area contributed by atoms with E-state index in [-0.39, 0.29) is 12.2 Å². The summed E-state index contributed by atoms with van der Waals surface area (Å²) in [7, 11) is 0. The van der Waals surface area contributed by atoms with Gasteiger partial charge in [0.15, 0.2) is 0 Å². The van der Waals surface area contributed by atoms with Crippen LogP contribution in [0, 0.1) is 6.92 Å². The summed E-state index contributed by atoms with van der Waals surface area (Å²) in [5.41, 5.74) is 1.75. The number of anilines is 1. The number of benzene rings is 2. The van der Waals surface area contributed by atoms with Crippen molar-refractivity contribution in [2.75, 3.05) is 11.9 Å². The smallest absolute Gasteiger partial charge is 0.411 e. The summed E-state index contributed by atoms with van der Waals surface area (Å²) in [5.74, 6) is 0. The van der Waals surface area contributed by atoms with Crippen LogP contribution in [0.25, 0.3) is 10.1 Å². The fourth-order valence-corrected chi connectivity index (χ4v) is 3.15. The molecule has 3 rings (SSSR count). The molecule has 23 heavy (non-hydrogen) atoms. The second kappa shape index (κ2) is 6.66. The molecule has 0 fully saturated rings. The molecule has 0 spiro atoms. The number of carbonyl (C=O) groups is 1. The van der Waals surface area contributed by atoms with Gasteiger partial charge in [-0.25, -0.2) is 4.79 Å². The molecule has 0 saturated heterocycles. The number of amides is 1. The summed E-state index contributed by atoms with van der Waals surface area (Å²) < 4.78 is 7.66. The molecular formula is C17H16N2O3S. The lowest BCUT2D eigenvalue weighted by molar-refractivity contribution is 0.158. The van der Waals surface area contributed by atoms with Crippen molar-refractivity contribution < 1.29 is 9.53 Å². The van der Waals surface area contributed by atoms with Gasteiger partial charge < -0.3 is 4.74 Å². The summed E-state index contributed by atoms with van der Waals surface area (Å²) in [4.78, 5) is 23.9. The predicted molar refractivity (Wildman–Crippen MR) is 92.2 cm³/mol. The van der Waals surface area contributed by atoms with Gasteiger partial charge in [0, 0.05) is 5.69 Å². The number of aryl methyl sites for hydroxylation is 1. The van der Waals surface area contributed by atoms with Gasteiger partial charge in [0.1, 0.15) is 6.61 Å². The van der Waals surface area contributed by atoms with Gasteiger partial charge in [-0.15, -0.1) is 0 Å². The summed E-state index contributed by atoms with van der Waals surface area (Å²) in [6, 6.07) is 14.9. The number of hydrogen-bond acceptors (Lipinski definition) is 4. The highest BCUT2D eigenvalue weighted by Crippen LogP contribution is 2.15. The number of carbonyl (C=O) groups excluding carboxylic acids is 1. The Kier molecular flexibility index (Phi) is 4.43. The zero-order valence-electron chi connectivity index (χ0n) is 12.6. The molecule has 1 heterocycles. The first-order chi connectivity index (χ1) is 11.1. The first-order valence-electron chi connectivity index (χ1n) is 7.23. The first kappa shape index (κ1) is 15.3. The number of nitrogens with zero attached hydrogens (tertiary/aromatic N) is 1. The van der Waals surface area contributed by atoms with Gasteiger partial charge >= 0.3 is 6.09 Å². The van der Waals surface area contributed by atoms with Gasteiger partial charge in [-0.05, 0) is 31.2 Å². The lowest BCUT2D eigenvalue weighted by Crippen LogP contribution is -2.20. The van der Waals surface area contributed by atoms with Crippen LogP contribution in [-0.4, -0.2) is 16.7 Å². The SMILES string of the molecule is Cc1ccc(NC(=O)OCCn2sc3ccccc3c2=O)cc1. The van der Waals surface area contributed by atoms with Gasteiger partial charge in [0.05, 0.1) is 16.6 Å². The molecule has 0 aliphatic heterocycles. The second-order valence-electron chi connectivity index (χ2n) is 5.12. The average molecular weight is 328 g/mol. The average Bonchev–Trinajstić information content (AvgIpc) is 2.86. The second-order valence-corrected chi connectivity index (χ2v) is 6.18. The number of nitrogens with one attached hydrogen (secondary N) is 1. The van der Waals surface area contributed by atoms with Crippen LogP contribution in [0.5, 0.6) is 0 Å². The molecule has 0 aliphatic carbocycles. The molecule has 6 heteroatoms. The molecule has 0 atom stereocenters. The minimum Gasteiger partial charge on any atom is -0.447 e. The molecular weight excluding hydrogens is 312 g/mol. The van der Waals surface area contributed by atoms with Crippen LogP contribution in [-0.2, 0) is 11.3 Å². The third-order valence-electron chi connectivity index (χ3n) is 3.38. The monoisotopic (exact) mass is 328 g/mol. The summed E-state index contributed by atoms with van der Waals surface area (Å²) in [6.07, 6.45) is -0.525. The molecule has 5 nitrogen and oxygen atoms in total. The Labute approximate surface area is 137 Å². The predicted octanol–water partition coefficient (Wildman–Crippen LogP) is 3.62. The molecule has 2 aromatic carbocycles. The number of hydrogen-bond donors (Lipinski definition) is 1. The molecule has 0 bridgehead atoms. The number of rotatable bonds is 4. The lowest BCUT2D eigenvalue weighted by atomic mass is 10.2. The summed E-state index contributed by atoms with van der Waals surface area (Å²) >= 11 is 1.37. The molecule has 0 saturated carbocycles. The fraction of sp³-hybridized carbons (Fsp3) is 0.176. The standard InChI is InChI=1S/C17H16N2O3S/c1-12-6-8-13(9-7-12)18-17(21)22-11-10-19-16(20)14-4-2-3-5-15(14)23-19/h2-9H,10-11H2,1H3,(H,18,21). The van der Waals surface area contributed by atoms with E-state index in [2.05, 4.69) is 5.32 Å². The van der Waals surface area contributed by atoms with Gasteiger partial charge in [-0.3, -0.25) is 14.1 Å². The summed E-state index contributed by atoms with van der Waals surface area (Å²) in [5, 5.41) is 3.35.